The zero-order valence-electron chi connectivity index (χ0n) is 4.92. The van der Waals surface area contributed by atoms with Crippen LogP contribution >= 0.6 is 46.7 Å². The van der Waals surface area contributed by atoms with Crippen molar-refractivity contribution in [3.8, 4) is 0 Å². The predicted molar refractivity (Wildman–Crippen MR) is 32.1 cm³/mol. The van der Waals surface area contributed by atoms with Crippen molar-refractivity contribution < 1.29 is 7.03 Å². The first-order valence-corrected chi connectivity index (χ1v) is 2.62. The summed E-state index contributed by atoms with van der Waals surface area (Å²) in [6, 6.07) is 0. The van der Waals surface area contributed by atoms with Gasteiger partial charge in [0.15, 0.2) is 0 Å². The minimum absolute atomic E-state index is 2.16. The summed E-state index contributed by atoms with van der Waals surface area (Å²) in [6.45, 7) is -2.46. The Hall–Kier alpha value is 1.12. The van der Waals surface area contributed by atoms with Crippen molar-refractivity contribution >= 4 is 46.7 Å². The van der Waals surface area contributed by atoms with Gasteiger partial charge in [0.1, 0.15) is 6.56 Å². The van der Waals surface area contributed by atoms with Crippen molar-refractivity contribution in [1.29, 1.82) is 0 Å². The Balaban J connectivity index is 4.14. The zero-order valence-corrected chi connectivity index (χ0v) is 5.94. The van der Waals surface area contributed by atoms with E-state index in [1.807, 2.05) is 0 Å². The molecule has 0 heterocycles. The maximum atomic E-state index is 6.74. The summed E-state index contributed by atoms with van der Waals surface area (Å²) in [4.78, 5) is 0. The first kappa shape index (κ1) is 4.95. The van der Waals surface area contributed by atoms with Gasteiger partial charge in [0.2, 0.25) is 3.79 Å². The average molecular weight is 186 g/mol. The fraction of sp³-hybridized carbons (Fsp3) is 1.00. The van der Waals surface area contributed by atoms with Crippen molar-refractivity contribution in [1.82, 2.24) is 0 Å². The van der Waals surface area contributed by atoms with Crippen LogP contribution in [0, 0.1) is 0 Å². The Morgan fingerprint density at radius 2 is 2.00 bits per heavy atom. The van der Waals surface area contributed by atoms with Crippen LogP contribution in [0.1, 0.15) is 2.74 Å². The molecule has 0 aliphatic heterocycles. The largest absolute Gasteiger partial charge is 0.275 e. The van der Waals surface area contributed by atoms with Gasteiger partial charge in [-0.25, -0.2) is 0 Å². The molecule has 0 fully saturated rings. The lowest BCUT2D eigenvalue weighted by molar-refractivity contribution is 0.361. The first-order valence-electron chi connectivity index (χ1n) is 2.18. The van der Waals surface area contributed by atoms with E-state index < -0.39 is 10.4 Å². The monoisotopic (exact) mass is 184 g/mol. The topological polar surface area (TPSA) is 9.23 Å². The van der Waals surface area contributed by atoms with Crippen LogP contribution in [-0.4, -0.2) is 10.4 Å². The van der Waals surface area contributed by atoms with E-state index >= 15 is 0 Å². The number of hydrogen-bond donors (Lipinski definition) is 0. The maximum Gasteiger partial charge on any atom is 0.215 e. The molecule has 0 amide bonds. The SMILES string of the molecule is [2H]C([2H])(OCl)C(Cl)(Cl)Cl. The van der Waals surface area contributed by atoms with Crippen LogP contribution in [0.5, 0.6) is 0 Å². The third-order valence-electron chi connectivity index (χ3n) is 0.154. The molecule has 5 heteroatoms. The van der Waals surface area contributed by atoms with E-state index in [1.54, 1.807) is 0 Å². The Bertz CT molecular complexity index is 99.2. The number of halogens is 4. The van der Waals surface area contributed by atoms with Crippen LogP contribution in [0.15, 0.2) is 0 Å². The lowest BCUT2D eigenvalue weighted by Crippen LogP contribution is -2.08. The Kier molecular flexibility index (Phi) is 2.27. The lowest BCUT2D eigenvalue weighted by atomic mass is 10.9. The molecule has 0 bridgehead atoms. The van der Waals surface area contributed by atoms with Gasteiger partial charge in [0.05, 0.1) is 14.6 Å². The Morgan fingerprint density at radius 1 is 1.57 bits per heavy atom. The van der Waals surface area contributed by atoms with Crippen molar-refractivity contribution in [2.45, 2.75) is 3.79 Å². The highest BCUT2D eigenvalue weighted by Gasteiger charge is 2.18. The summed E-state index contributed by atoms with van der Waals surface area (Å²) < 4.78 is 15.0. The zero-order chi connectivity index (χ0) is 7.71. The van der Waals surface area contributed by atoms with Gasteiger partial charge in [-0.1, -0.05) is 34.8 Å². The van der Waals surface area contributed by atoms with Gasteiger partial charge >= 0.3 is 0 Å². The molecule has 0 aromatic carbocycles. The molecule has 0 aromatic rings. The first-order chi connectivity index (χ1) is 3.81. The van der Waals surface area contributed by atoms with E-state index in [0.717, 1.165) is 0 Å². The summed E-state index contributed by atoms with van der Waals surface area (Å²) in [5.74, 6) is 0. The van der Waals surface area contributed by atoms with Gasteiger partial charge in [0.25, 0.3) is 0 Å². The predicted octanol–water partition coefficient (Wildman–Crippen LogP) is 2.53. The van der Waals surface area contributed by atoms with Gasteiger partial charge in [-0.05, 0) is 0 Å². The second-order valence-corrected chi connectivity index (χ2v) is 3.11. The molecule has 0 aliphatic carbocycles. The standard InChI is InChI=1S/C2H2Cl4O/c3-2(4,5)1-7-6/h1H2/i1D2. The second kappa shape index (κ2) is 3.21. The molecule has 7 heavy (non-hydrogen) atoms. The number of hydrogen-bond acceptors (Lipinski definition) is 1. The lowest BCUT2D eigenvalue weighted by Gasteiger charge is -2.04. The van der Waals surface area contributed by atoms with Crippen LogP contribution in [-0.2, 0) is 4.29 Å². The molecule has 0 saturated carbocycles. The molecule has 0 aromatic heterocycles. The fourth-order valence-corrected chi connectivity index (χ4v) is 0.394. The Labute approximate surface area is 64.4 Å². The summed E-state index contributed by atoms with van der Waals surface area (Å²) in [6.07, 6.45) is 0. The summed E-state index contributed by atoms with van der Waals surface area (Å²) >= 11 is 19.9. The number of rotatable bonds is 1. The summed E-state index contributed by atoms with van der Waals surface area (Å²) in [7, 11) is 0. The highest BCUT2D eigenvalue weighted by Crippen LogP contribution is 2.26. The molecule has 1 nitrogen and oxygen atoms in total. The van der Waals surface area contributed by atoms with Crippen molar-refractivity contribution in [2.75, 3.05) is 6.56 Å². The average Bonchev–Trinajstić information content (AvgIpc) is 1.64. The van der Waals surface area contributed by atoms with Crippen LogP contribution in [0.4, 0.5) is 0 Å². The third-order valence-corrected chi connectivity index (χ3v) is 0.463. The molecule has 0 spiro atoms. The smallest absolute Gasteiger partial charge is 0.215 e. The van der Waals surface area contributed by atoms with Gasteiger partial charge < -0.3 is 0 Å². The van der Waals surface area contributed by atoms with Crippen LogP contribution < -0.4 is 0 Å². The van der Waals surface area contributed by atoms with Crippen molar-refractivity contribution in [3.63, 3.8) is 0 Å². The fourth-order valence-electron chi connectivity index (χ4n) is 0.0437. The third kappa shape index (κ3) is 7.12. The van der Waals surface area contributed by atoms with Gasteiger partial charge in [0, 0.05) is 0 Å². The molecular formula is C2H2Cl4O. The van der Waals surface area contributed by atoms with Crippen molar-refractivity contribution in [2.24, 2.45) is 0 Å². The maximum absolute atomic E-state index is 6.74. The van der Waals surface area contributed by atoms with E-state index in [0.29, 0.717) is 0 Å². The molecule has 0 rings (SSSR count). The normalized spacial score (nSPS) is 18.3. The van der Waals surface area contributed by atoms with Crippen LogP contribution in [0.25, 0.3) is 0 Å². The van der Waals surface area contributed by atoms with E-state index in [9.17, 15) is 0 Å². The van der Waals surface area contributed by atoms with Gasteiger partial charge in [-0.15, -0.1) is 0 Å². The van der Waals surface area contributed by atoms with E-state index in [2.05, 4.69) is 16.2 Å². The molecule has 0 radical (unpaired) electrons. The van der Waals surface area contributed by atoms with Crippen LogP contribution in [0.3, 0.4) is 0 Å². The van der Waals surface area contributed by atoms with Gasteiger partial charge in [-0.3, -0.25) is 4.29 Å². The highest BCUT2D eigenvalue weighted by atomic mass is 35.6. The molecule has 0 unspecified atom stereocenters. The Morgan fingerprint density at radius 3 is 2.00 bits per heavy atom. The van der Waals surface area contributed by atoms with E-state index in [4.69, 9.17) is 37.5 Å². The van der Waals surface area contributed by atoms with E-state index in [1.165, 1.54) is 0 Å². The van der Waals surface area contributed by atoms with E-state index in [-0.39, 0.29) is 0 Å². The molecule has 0 aliphatic rings. The molecule has 0 N–H and O–H groups in total. The van der Waals surface area contributed by atoms with Crippen molar-refractivity contribution in [3.05, 3.63) is 0 Å². The minimum Gasteiger partial charge on any atom is -0.275 e. The summed E-state index contributed by atoms with van der Waals surface area (Å²) in [5.41, 5.74) is 0. The molecular weight excluding hydrogens is 182 g/mol. The summed E-state index contributed by atoms with van der Waals surface area (Å²) in [5, 5.41) is 0. The highest BCUT2D eigenvalue weighted by molar-refractivity contribution is 6.67. The van der Waals surface area contributed by atoms with Gasteiger partial charge in [-0.2, -0.15) is 0 Å². The minimum atomic E-state index is -2.46. The second-order valence-electron chi connectivity index (χ2n) is 0.677. The molecule has 44 valence electrons. The quantitative estimate of drug-likeness (QED) is 0.571. The number of alkyl halides is 3. The van der Waals surface area contributed by atoms with Crippen LogP contribution in [0.2, 0.25) is 0 Å². The molecule has 0 atom stereocenters. The molecule has 0 saturated heterocycles.